The van der Waals surface area contributed by atoms with Crippen molar-refractivity contribution in [1.29, 1.82) is 0 Å². The van der Waals surface area contributed by atoms with E-state index in [-0.39, 0.29) is 12.5 Å². The quantitative estimate of drug-likeness (QED) is 0.144. The minimum Gasteiger partial charge on any atom is -0.497 e. The van der Waals surface area contributed by atoms with Crippen LogP contribution < -0.4 is 30.3 Å². The monoisotopic (exact) mass is 518 g/mol. The van der Waals surface area contributed by atoms with Crippen molar-refractivity contribution in [1.82, 2.24) is 5.43 Å². The van der Waals surface area contributed by atoms with Gasteiger partial charge in [-0.25, -0.2) is 5.43 Å². The van der Waals surface area contributed by atoms with Gasteiger partial charge in [0.25, 0.3) is 5.91 Å². The van der Waals surface area contributed by atoms with Crippen molar-refractivity contribution < 1.29 is 28.6 Å². The summed E-state index contributed by atoms with van der Waals surface area (Å²) in [5.41, 5.74) is 3.90. The second-order valence-electron chi connectivity index (χ2n) is 8.02. The third-order valence-corrected chi connectivity index (χ3v) is 5.07. The Morgan fingerprint density at radius 1 is 0.816 bits per heavy atom. The minimum atomic E-state index is -0.911. The van der Waals surface area contributed by atoms with Crippen LogP contribution >= 0.6 is 0 Å². The van der Waals surface area contributed by atoms with Crippen LogP contribution in [0.4, 0.5) is 11.4 Å². The Bertz CT molecular complexity index is 1240. The molecule has 198 valence electrons. The summed E-state index contributed by atoms with van der Waals surface area (Å²) >= 11 is 0. The van der Waals surface area contributed by atoms with Gasteiger partial charge in [0.15, 0.2) is 6.61 Å². The molecule has 0 aromatic heterocycles. The second kappa shape index (κ2) is 14.6. The summed E-state index contributed by atoms with van der Waals surface area (Å²) < 4.78 is 16.2. The van der Waals surface area contributed by atoms with Gasteiger partial charge < -0.3 is 24.8 Å². The fourth-order valence-electron chi connectivity index (χ4n) is 3.07. The van der Waals surface area contributed by atoms with Crippen LogP contribution in [-0.2, 0) is 14.4 Å². The first-order valence-corrected chi connectivity index (χ1v) is 12.0. The van der Waals surface area contributed by atoms with Crippen molar-refractivity contribution >= 4 is 35.3 Å². The van der Waals surface area contributed by atoms with Gasteiger partial charge in [0.1, 0.15) is 17.2 Å². The van der Waals surface area contributed by atoms with Gasteiger partial charge in [-0.3, -0.25) is 14.4 Å². The smallest absolute Gasteiger partial charge is 0.329 e. The topological polar surface area (TPSA) is 127 Å². The molecule has 0 aliphatic carbocycles. The lowest BCUT2D eigenvalue weighted by atomic mass is 10.2. The van der Waals surface area contributed by atoms with Crippen LogP contribution in [-0.4, -0.2) is 44.3 Å². The highest BCUT2D eigenvalue weighted by molar-refractivity contribution is 6.39. The molecule has 3 rings (SSSR count). The van der Waals surface area contributed by atoms with E-state index in [9.17, 15) is 14.4 Å². The molecular formula is C28H30N4O6. The number of hydrazone groups is 1. The van der Waals surface area contributed by atoms with Crippen LogP contribution in [0.5, 0.6) is 17.2 Å². The largest absolute Gasteiger partial charge is 0.497 e. The number of rotatable bonds is 12. The first-order chi connectivity index (χ1) is 18.5. The molecule has 0 saturated heterocycles. The van der Waals surface area contributed by atoms with Crippen molar-refractivity contribution in [2.75, 3.05) is 31.0 Å². The molecule has 3 aromatic rings. The minimum absolute atomic E-state index is 0.176. The number of hydrogen-bond acceptors (Lipinski definition) is 7. The number of methoxy groups -OCH3 is 1. The van der Waals surface area contributed by atoms with E-state index < -0.39 is 11.8 Å². The van der Waals surface area contributed by atoms with Crippen molar-refractivity contribution in [3.05, 3.63) is 78.4 Å². The number of carbonyl (C=O) groups is 3. The molecule has 0 heterocycles. The predicted octanol–water partition coefficient (Wildman–Crippen LogP) is 3.98. The van der Waals surface area contributed by atoms with Gasteiger partial charge in [-0.2, -0.15) is 5.10 Å². The maximum absolute atomic E-state index is 12.1. The Hall–Kier alpha value is -4.86. The van der Waals surface area contributed by atoms with Crippen LogP contribution in [0.3, 0.4) is 0 Å². The zero-order valence-electron chi connectivity index (χ0n) is 21.2. The Balaban J connectivity index is 1.39. The Morgan fingerprint density at radius 3 is 2.24 bits per heavy atom. The molecule has 0 fully saturated rings. The lowest BCUT2D eigenvalue weighted by Crippen LogP contribution is -2.32. The zero-order chi connectivity index (χ0) is 27.2. The van der Waals surface area contributed by atoms with Gasteiger partial charge >= 0.3 is 11.8 Å². The van der Waals surface area contributed by atoms with E-state index >= 15 is 0 Å². The molecule has 0 unspecified atom stereocenters. The molecule has 0 aliphatic rings. The van der Waals surface area contributed by atoms with Crippen LogP contribution in [0.15, 0.2) is 77.9 Å². The lowest BCUT2D eigenvalue weighted by Gasteiger charge is -2.08. The maximum atomic E-state index is 12.1. The number of hydrogen-bond donors (Lipinski definition) is 3. The lowest BCUT2D eigenvalue weighted by molar-refractivity contribution is -0.136. The first kappa shape index (κ1) is 27.7. The number of anilines is 2. The zero-order valence-corrected chi connectivity index (χ0v) is 21.2. The molecule has 10 nitrogen and oxygen atoms in total. The predicted molar refractivity (Wildman–Crippen MR) is 145 cm³/mol. The fourth-order valence-corrected chi connectivity index (χ4v) is 3.07. The van der Waals surface area contributed by atoms with Crippen molar-refractivity contribution in [2.24, 2.45) is 5.10 Å². The van der Waals surface area contributed by atoms with Crippen LogP contribution in [0.1, 0.15) is 25.3 Å². The maximum Gasteiger partial charge on any atom is 0.329 e. The third-order valence-electron chi connectivity index (χ3n) is 5.07. The number of nitrogens with zero attached hydrogens (tertiary/aromatic N) is 1. The average molecular weight is 519 g/mol. The van der Waals surface area contributed by atoms with Crippen LogP contribution in [0.2, 0.25) is 0 Å². The van der Waals surface area contributed by atoms with Crippen LogP contribution in [0, 0.1) is 0 Å². The van der Waals surface area contributed by atoms with Crippen molar-refractivity contribution in [3.8, 4) is 17.2 Å². The van der Waals surface area contributed by atoms with Gasteiger partial charge in [0, 0.05) is 17.4 Å². The Labute approximate surface area is 221 Å². The third kappa shape index (κ3) is 9.30. The van der Waals surface area contributed by atoms with Crippen molar-refractivity contribution in [2.45, 2.75) is 19.8 Å². The van der Waals surface area contributed by atoms with Crippen molar-refractivity contribution in [3.63, 3.8) is 0 Å². The van der Waals surface area contributed by atoms with Crippen LogP contribution in [0.25, 0.3) is 0 Å². The van der Waals surface area contributed by atoms with E-state index in [4.69, 9.17) is 14.2 Å². The molecular weight excluding hydrogens is 488 g/mol. The number of unbranched alkanes of at least 4 members (excludes halogenated alkanes) is 1. The molecule has 38 heavy (non-hydrogen) atoms. The second-order valence-corrected chi connectivity index (χ2v) is 8.02. The summed E-state index contributed by atoms with van der Waals surface area (Å²) in [5, 5.41) is 9.03. The summed E-state index contributed by atoms with van der Waals surface area (Å²) in [7, 11) is 1.55. The normalized spacial score (nSPS) is 10.5. The van der Waals surface area contributed by atoms with Gasteiger partial charge in [0.05, 0.1) is 19.9 Å². The number of nitrogens with one attached hydrogen (secondary N) is 3. The van der Waals surface area contributed by atoms with E-state index in [2.05, 4.69) is 28.1 Å². The summed E-state index contributed by atoms with van der Waals surface area (Å²) in [6.45, 7) is 2.53. The Kier molecular flexibility index (Phi) is 10.7. The number of ether oxygens (including phenoxy) is 3. The molecule has 3 aromatic carbocycles. The van der Waals surface area contributed by atoms with E-state index in [1.54, 1.807) is 79.9 Å². The molecule has 3 N–H and O–H groups in total. The number of amides is 3. The highest BCUT2D eigenvalue weighted by atomic mass is 16.5. The van der Waals surface area contributed by atoms with Gasteiger partial charge in [0.2, 0.25) is 0 Å². The highest BCUT2D eigenvalue weighted by Crippen LogP contribution is 2.17. The van der Waals surface area contributed by atoms with E-state index in [1.165, 1.54) is 6.21 Å². The Morgan fingerprint density at radius 2 is 1.53 bits per heavy atom. The van der Waals surface area contributed by atoms with E-state index in [0.717, 1.165) is 12.8 Å². The summed E-state index contributed by atoms with van der Waals surface area (Å²) in [6.07, 6.45) is 3.38. The van der Waals surface area contributed by atoms with Gasteiger partial charge in [-0.15, -0.1) is 0 Å². The van der Waals surface area contributed by atoms with E-state index in [1.807, 2.05) is 0 Å². The fraction of sp³-hybridized carbons (Fsp3) is 0.214. The molecule has 0 spiro atoms. The molecule has 0 radical (unpaired) electrons. The molecule has 0 aliphatic heterocycles. The summed E-state index contributed by atoms with van der Waals surface area (Å²) in [4.78, 5) is 36.2. The number of carbonyl (C=O) groups excluding carboxylic acids is 3. The number of benzene rings is 3. The standard InChI is InChI=1S/C28H30N4O6/c1-3-4-16-37-23-14-10-21(11-15-23)31-27(34)28(35)32-29-18-20-8-12-24(13-9-20)38-19-26(33)30-22-6-5-7-25(17-22)36-2/h5-15,17-18H,3-4,16,19H2,1-2H3,(H,30,33)(H,31,34)(H,32,35)/b29-18-. The van der Waals surface area contributed by atoms with E-state index in [0.29, 0.717) is 40.8 Å². The summed E-state index contributed by atoms with van der Waals surface area (Å²) in [6, 6.07) is 20.5. The van der Waals surface area contributed by atoms with Gasteiger partial charge in [-0.1, -0.05) is 19.4 Å². The highest BCUT2D eigenvalue weighted by Gasteiger charge is 2.13. The SMILES string of the molecule is CCCCOc1ccc(NC(=O)C(=O)N/N=C\c2ccc(OCC(=O)Nc3cccc(OC)c3)cc2)cc1. The summed E-state index contributed by atoms with van der Waals surface area (Å²) in [5.74, 6) is -0.270. The molecule has 0 saturated carbocycles. The molecule has 0 atom stereocenters. The van der Waals surface area contributed by atoms with Gasteiger partial charge in [-0.05, 0) is 72.6 Å². The molecule has 0 bridgehead atoms. The first-order valence-electron chi connectivity index (χ1n) is 12.0. The average Bonchev–Trinajstić information content (AvgIpc) is 2.93. The molecule has 10 heteroatoms. The molecule has 3 amide bonds.